The highest BCUT2D eigenvalue weighted by atomic mass is 16.5. The molecule has 0 atom stereocenters. The summed E-state index contributed by atoms with van der Waals surface area (Å²) in [4.78, 5) is 11.1. The molecule has 0 saturated carbocycles. The molecule has 0 saturated heterocycles. The van der Waals surface area contributed by atoms with Crippen molar-refractivity contribution in [3.63, 3.8) is 0 Å². The van der Waals surface area contributed by atoms with Crippen molar-refractivity contribution in [2.24, 2.45) is 0 Å². The third-order valence-electron chi connectivity index (χ3n) is 2.05. The highest BCUT2D eigenvalue weighted by Crippen LogP contribution is 2.21. The molecule has 1 rings (SSSR count). The Kier molecular flexibility index (Phi) is 4.17. The number of carbonyl (C=O) groups excluding carboxylic acids is 1. The number of hydrogen-bond donors (Lipinski definition) is 1. The zero-order chi connectivity index (χ0) is 12.1. The Morgan fingerprint density at radius 1 is 1.44 bits per heavy atom. The summed E-state index contributed by atoms with van der Waals surface area (Å²) in [6.07, 6.45) is 0.257. The molecular weight excluding hydrogens is 206 g/mol. The molecule has 0 aliphatic heterocycles. The maximum atomic E-state index is 11.1. The first-order valence-corrected chi connectivity index (χ1v) is 5.14. The van der Waals surface area contributed by atoms with Gasteiger partial charge in [0.1, 0.15) is 5.75 Å². The average molecular weight is 223 g/mol. The van der Waals surface area contributed by atoms with Crippen molar-refractivity contribution in [3.05, 3.63) is 23.8 Å². The van der Waals surface area contributed by atoms with Gasteiger partial charge in [-0.15, -0.1) is 0 Å². The second-order valence-corrected chi connectivity index (χ2v) is 3.78. The number of nitrogen functional groups attached to an aromatic ring is 1. The summed E-state index contributed by atoms with van der Waals surface area (Å²) in [5, 5.41) is 0. The fourth-order valence-electron chi connectivity index (χ4n) is 1.31. The van der Waals surface area contributed by atoms with Gasteiger partial charge in [-0.2, -0.15) is 0 Å². The van der Waals surface area contributed by atoms with Crippen molar-refractivity contribution >= 4 is 11.7 Å². The summed E-state index contributed by atoms with van der Waals surface area (Å²) >= 11 is 0. The summed E-state index contributed by atoms with van der Waals surface area (Å²) in [6.45, 7) is 3.88. The van der Waals surface area contributed by atoms with E-state index in [-0.39, 0.29) is 18.5 Å². The quantitative estimate of drug-likeness (QED) is 0.624. The predicted molar refractivity (Wildman–Crippen MR) is 62.3 cm³/mol. The number of carbonyl (C=O) groups is 1. The van der Waals surface area contributed by atoms with Crippen LogP contribution in [0.5, 0.6) is 5.75 Å². The van der Waals surface area contributed by atoms with Crippen molar-refractivity contribution in [3.8, 4) is 5.75 Å². The minimum absolute atomic E-state index is 0.0922. The number of esters is 1. The van der Waals surface area contributed by atoms with Gasteiger partial charge in [0.15, 0.2) is 0 Å². The molecule has 88 valence electrons. The summed E-state index contributed by atoms with van der Waals surface area (Å²) in [6, 6.07) is 5.29. The number of benzene rings is 1. The van der Waals surface area contributed by atoms with Gasteiger partial charge in [-0.1, -0.05) is 0 Å². The normalized spacial score (nSPS) is 10.2. The molecule has 0 aliphatic carbocycles. The van der Waals surface area contributed by atoms with E-state index < -0.39 is 0 Å². The second-order valence-electron chi connectivity index (χ2n) is 3.78. The monoisotopic (exact) mass is 223 g/mol. The molecule has 0 spiro atoms. The van der Waals surface area contributed by atoms with Crippen molar-refractivity contribution in [1.82, 2.24) is 0 Å². The topological polar surface area (TPSA) is 61.5 Å². The fraction of sp³-hybridized carbons (Fsp3) is 0.417. The van der Waals surface area contributed by atoms with E-state index in [1.54, 1.807) is 18.2 Å². The molecule has 4 nitrogen and oxygen atoms in total. The Labute approximate surface area is 95.3 Å². The summed E-state index contributed by atoms with van der Waals surface area (Å²) in [5.41, 5.74) is 7.06. The van der Waals surface area contributed by atoms with Gasteiger partial charge in [0, 0.05) is 5.69 Å². The van der Waals surface area contributed by atoms with E-state index in [1.807, 2.05) is 13.8 Å². The molecule has 2 N–H and O–H groups in total. The van der Waals surface area contributed by atoms with Crippen LogP contribution in [0.15, 0.2) is 18.2 Å². The molecule has 1 aromatic carbocycles. The number of ether oxygens (including phenoxy) is 2. The van der Waals surface area contributed by atoms with Gasteiger partial charge in [-0.3, -0.25) is 4.79 Å². The highest BCUT2D eigenvalue weighted by molar-refractivity contribution is 5.75. The minimum atomic E-state index is -0.312. The van der Waals surface area contributed by atoms with Crippen LogP contribution >= 0.6 is 0 Å². The van der Waals surface area contributed by atoms with E-state index in [9.17, 15) is 4.79 Å². The molecule has 0 heterocycles. The number of hydrogen-bond acceptors (Lipinski definition) is 4. The van der Waals surface area contributed by atoms with Gasteiger partial charge in [-0.25, -0.2) is 0 Å². The van der Waals surface area contributed by atoms with Gasteiger partial charge >= 0.3 is 5.97 Å². The Balaban J connectivity index is 2.86. The van der Waals surface area contributed by atoms with Crippen molar-refractivity contribution < 1.29 is 14.3 Å². The lowest BCUT2D eigenvalue weighted by Crippen LogP contribution is -2.09. The highest BCUT2D eigenvalue weighted by Gasteiger charge is 2.08. The minimum Gasteiger partial charge on any atom is -0.491 e. The first-order valence-electron chi connectivity index (χ1n) is 5.14. The number of anilines is 1. The molecule has 0 aliphatic rings. The third-order valence-corrected chi connectivity index (χ3v) is 2.05. The van der Waals surface area contributed by atoms with Crippen LogP contribution in [-0.4, -0.2) is 19.2 Å². The first-order chi connectivity index (χ1) is 7.52. The molecule has 0 radical (unpaired) electrons. The summed E-state index contributed by atoms with van der Waals surface area (Å²) in [7, 11) is 1.35. The van der Waals surface area contributed by atoms with Crippen molar-refractivity contribution in [2.75, 3.05) is 12.8 Å². The van der Waals surface area contributed by atoms with Crippen LogP contribution in [0.4, 0.5) is 5.69 Å². The van der Waals surface area contributed by atoms with Crippen LogP contribution in [0.3, 0.4) is 0 Å². The van der Waals surface area contributed by atoms with Crippen molar-refractivity contribution in [1.29, 1.82) is 0 Å². The smallest absolute Gasteiger partial charge is 0.310 e. The fourth-order valence-corrected chi connectivity index (χ4v) is 1.31. The lowest BCUT2D eigenvalue weighted by Gasteiger charge is -2.12. The maximum Gasteiger partial charge on any atom is 0.310 e. The van der Waals surface area contributed by atoms with Crippen LogP contribution in [0.25, 0.3) is 0 Å². The van der Waals surface area contributed by atoms with Crippen LogP contribution in [0.1, 0.15) is 19.4 Å². The molecule has 0 fully saturated rings. The van der Waals surface area contributed by atoms with E-state index in [1.165, 1.54) is 7.11 Å². The lowest BCUT2D eigenvalue weighted by molar-refractivity contribution is -0.139. The first kappa shape index (κ1) is 12.4. The number of nitrogens with two attached hydrogens (primary N) is 1. The van der Waals surface area contributed by atoms with Crippen LogP contribution in [0, 0.1) is 0 Å². The van der Waals surface area contributed by atoms with Crippen LogP contribution < -0.4 is 10.5 Å². The van der Waals surface area contributed by atoms with E-state index in [0.29, 0.717) is 11.4 Å². The average Bonchev–Trinajstić information content (AvgIpc) is 2.22. The SMILES string of the molecule is COC(=O)Cc1cc(OC(C)C)ccc1N. The Hall–Kier alpha value is -1.71. The third kappa shape index (κ3) is 3.46. The van der Waals surface area contributed by atoms with Gasteiger partial charge in [0.05, 0.1) is 19.6 Å². The maximum absolute atomic E-state index is 11.1. The lowest BCUT2D eigenvalue weighted by atomic mass is 10.1. The van der Waals surface area contributed by atoms with Crippen LogP contribution in [-0.2, 0) is 16.0 Å². The summed E-state index contributed by atoms with van der Waals surface area (Å²) in [5.74, 6) is 0.400. The van der Waals surface area contributed by atoms with E-state index in [0.717, 1.165) is 5.56 Å². The predicted octanol–water partition coefficient (Wildman–Crippen LogP) is 1.77. The van der Waals surface area contributed by atoms with Gasteiger partial charge < -0.3 is 15.2 Å². The number of rotatable bonds is 4. The molecule has 16 heavy (non-hydrogen) atoms. The Morgan fingerprint density at radius 2 is 2.12 bits per heavy atom. The van der Waals surface area contributed by atoms with E-state index in [2.05, 4.69) is 4.74 Å². The van der Waals surface area contributed by atoms with Crippen molar-refractivity contribution in [2.45, 2.75) is 26.4 Å². The largest absolute Gasteiger partial charge is 0.491 e. The molecule has 1 aromatic rings. The van der Waals surface area contributed by atoms with Gasteiger partial charge in [0.25, 0.3) is 0 Å². The molecule has 0 aromatic heterocycles. The second kappa shape index (κ2) is 5.39. The Bertz CT molecular complexity index is 375. The van der Waals surface area contributed by atoms with E-state index >= 15 is 0 Å². The standard InChI is InChI=1S/C12H17NO3/c1-8(2)16-10-4-5-11(13)9(6-10)7-12(14)15-3/h4-6,8H,7,13H2,1-3H3. The molecule has 4 heteroatoms. The Morgan fingerprint density at radius 3 is 2.69 bits per heavy atom. The van der Waals surface area contributed by atoms with Crippen LogP contribution in [0.2, 0.25) is 0 Å². The van der Waals surface area contributed by atoms with Gasteiger partial charge in [0.2, 0.25) is 0 Å². The zero-order valence-electron chi connectivity index (χ0n) is 9.82. The zero-order valence-corrected chi connectivity index (χ0v) is 9.82. The molecular formula is C12H17NO3. The van der Waals surface area contributed by atoms with E-state index in [4.69, 9.17) is 10.5 Å². The van der Waals surface area contributed by atoms with Gasteiger partial charge in [-0.05, 0) is 37.6 Å². The molecule has 0 bridgehead atoms. The number of methoxy groups -OCH3 is 1. The molecule has 0 amide bonds. The summed E-state index contributed by atoms with van der Waals surface area (Å²) < 4.78 is 10.1. The molecule has 0 unspecified atom stereocenters.